The van der Waals surface area contributed by atoms with Crippen molar-refractivity contribution in [2.75, 3.05) is 20.1 Å². The van der Waals surface area contributed by atoms with Crippen molar-refractivity contribution in [1.82, 2.24) is 10.2 Å². The molecule has 1 aromatic rings. The number of piperidine rings is 1. The summed E-state index contributed by atoms with van der Waals surface area (Å²) >= 11 is 0. The van der Waals surface area contributed by atoms with Gasteiger partial charge in [-0.25, -0.2) is 0 Å². The monoisotopic (exact) mass is 276 g/mol. The highest BCUT2D eigenvalue weighted by molar-refractivity contribution is 5.29. The number of aliphatic hydroxyl groups is 1. The van der Waals surface area contributed by atoms with Gasteiger partial charge in [-0.1, -0.05) is 31.2 Å². The van der Waals surface area contributed by atoms with E-state index in [1.165, 1.54) is 5.56 Å². The lowest BCUT2D eigenvalue weighted by Gasteiger charge is -2.33. The summed E-state index contributed by atoms with van der Waals surface area (Å²) in [6.07, 6.45) is 2.76. The van der Waals surface area contributed by atoms with Gasteiger partial charge in [0.05, 0.1) is 5.60 Å². The van der Waals surface area contributed by atoms with Gasteiger partial charge in [-0.15, -0.1) is 0 Å². The average Bonchev–Trinajstić information content (AvgIpc) is 2.47. The quantitative estimate of drug-likeness (QED) is 0.867. The van der Waals surface area contributed by atoms with Crippen LogP contribution in [0.3, 0.4) is 0 Å². The van der Waals surface area contributed by atoms with E-state index in [9.17, 15) is 5.11 Å². The Morgan fingerprint density at radius 3 is 2.70 bits per heavy atom. The summed E-state index contributed by atoms with van der Waals surface area (Å²) in [4.78, 5) is 2.37. The maximum atomic E-state index is 10.8. The second kappa shape index (κ2) is 6.70. The first-order chi connectivity index (χ1) is 9.55. The van der Waals surface area contributed by atoms with Crippen molar-refractivity contribution in [3.05, 3.63) is 35.4 Å². The molecule has 3 nitrogen and oxygen atoms in total. The van der Waals surface area contributed by atoms with E-state index < -0.39 is 5.60 Å². The van der Waals surface area contributed by atoms with Crippen LogP contribution in [0.25, 0.3) is 0 Å². The van der Waals surface area contributed by atoms with Crippen LogP contribution >= 0.6 is 0 Å². The highest BCUT2D eigenvalue weighted by atomic mass is 16.3. The molecule has 0 aliphatic carbocycles. The van der Waals surface area contributed by atoms with Crippen molar-refractivity contribution in [3.63, 3.8) is 0 Å². The molecule has 0 radical (unpaired) electrons. The average molecular weight is 276 g/mol. The standard InChI is InChI=1S/C17H28N2O/c1-4-14(2)19(3)13-15-6-5-7-16(12-15)17(20)8-10-18-11-9-17/h5-7,12,14,18,20H,4,8-11,13H2,1-3H3/t14-/m0/s1. The molecule has 1 saturated heterocycles. The van der Waals surface area contributed by atoms with Crippen LogP contribution in [-0.4, -0.2) is 36.2 Å². The predicted molar refractivity (Wildman–Crippen MR) is 83.7 cm³/mol. The maximum absolute atomic E-state index is 10.8. The van der Waals surface area contributed by atoms with Crippen molar-refractivity contribution < 1.29 is 5.11 Å². The molecular weight excluding hydrogens is 248 g/mol. The Balaban J connectivity index is 2.11. The number of benzene rings is 1. The van der Waals surface area contributed by atoms with Gasteiger partial charge >= 0.3 is 0 Å². The number of hydrogen-bond acceptors (Lipinski definition) is 3. The summed E-state index contributed by atoms with van der Waals surface area (Å²) in [5, 5.41) is 14.1. The van der Waals surface area contributed by atoms with Crippen LogP contribution in [0.5, 0.6) is 0 Å². The predicted octanol–water partition coefficient (Wildman–Crippen LogP) is 2.49. The summed E-state index contributed by atoms with van der Waals surface area (Å²) in [5.74, 6) is 0. The molecular formula is C17H28N2O. The van der Waals surface area contributed by atoms with Crippen molar-refractivity contribution in [2.45, 2.75) is 51.3 Å². The Morgan fingerprint density at radius 2 is 2.05 bits per heavy atom. The van der Waals surface area contributed by atoms with Gasteiger partial charge in [-0.3, -0.25) is 4.90 Å². The topological polar surface area (TPSA) is 35.5 Å². The fourth-order valence-electron chi connectivity index (χ4n) is 2.84. The molecule has 1 heterocycles. The smallest absolute Gasteiger partial charge is 0.0920 e. The number of nitrogens with zero attached hydrogens (tertiary/aromatic N) is 1. The third-order valence-electron chi connectivity index (χ3n) is 4.67. The first-order valence-electron chi connectivity index (χ1n) is 7.78. The first kappa shape index (κ1) is 15.5. The van der Waals surface area contributed by atoms with Crippen molar-refractivity contribution in [2.24, 2.45) is 0 Å². The molecule has 1 aromatic carbocycles. The minimum Gasteiger partial charge on any atom is -0.385 e. The van der Waals surface area contributed by atoms with Crippen LogP contribution in [-0.2, 0) is 12.1 Å². The highest BCUT2D eigenvalue weighted by Crippen LogP contribution is 2.31. The van der Waals surface area contributed by atoms with E-state index in [1.807, 2.05) is 0 Å². The van der Waals surface area contributed by atoms with E-state index in [1.54, 1.807) is 0 Å². The van der Waals surface area contributed by atoms with Gasteiger partial charge in [0.2, 0.25) is 0 Å². The minimum atomic E-state index is -0.643. The third kappa shape index (κ3) is 3.60. The Bertz CT molecular complexity index is 427. The van der Waals surface area contributed by atoms with Crippen LogP contribution in [0.2, 0.25) is 0 Å². The molecule has 1 aliphatic rings. The minimum absolute atomic E-state index is 0.584. The second-order valence-corrected chi connectivity index (χ2v) is 6.15. The van der Waals surface area contributed by atoms with Crippen molar-refractivity contribution >= 4 is 0 Å². The third-order valence-corrected chi connectivity index (χ3v) is 4.67. The lowest BCUT2D eigenvalue weighted by atomic mass is 9.84. The lowest BCUT2D eigenvalue weighted by Crippen LogP contribution is -2.39. The summed E-state index contributed by atoms with van der Waals surface area (Å²) in [6.45, 7) is 7.21. The molecule has 1 fully saturated rings. The molecule has 3 heteroatoms. The summed E-state index contributed by atoms with van der Waals surface area (Å²) < 4.78 is 0. The molecule has 20 heavy (non-hydrogen) atoms. The first-order valence-corrected chi connectivity index (χ1v) is 7.78. The Labute approximate surface area is 123 Å². The molecule has 0 aromatic heterocycles. The Morgan fingerprint density at radius 1 is 1.35 bits per heavy atom. The zero-order chi connectivity index (χ0) is 14.6. The molecule has 0 bridgehead atoms. The zero-order valence-electron chi connectivity index (χ0n) is 13.0. The molecule has 112 valence electrons. The molecule has 1 aliphatic heterocycles. The normalized spacial score (nSPS) is 20.1. The van der Waals surface area contributed by atoms with E-state index in [4.69, 9.17) is 0 Å². The number of rotatable bonds is 5. The molecule has 2 rings (SSSR count). The van der Waals surface area contributed by atoms with E-state index >= 15 is 0 Å². The summed E-state index contributed by atoms with van der Waals surface area (Å²) in [6, 6.07) is 9.07. The summed E-state index contributed by atoms with van der Waals surface area (Å²) in [7, 11) is 2.17. The van der Waals surface area contributed by atoms with Crippen LogP contribution in [0, 0.1) is 0 Å². The molecule has 2 N–H and O–H groups in total. The van der Waals surface area contributed by atoms with Crippen molar-refractivity contribution in [3.8, 4) is 0 Å². The Hall–Kier alpha value is -0.900. The SMILES string of the molecule is CC[C@H](C)N(C)Cc1cccc(C2(O)CCNCC2)c1. The van der Waals surface area contributed by atoms with Gasteiger partial charge in [0.15, 0.2) is 0 Å². The molecule has 0 spiro atoms. The second-order valence-electron chi connectivity index (χ2n) is 6.15. The maximum Gasteiger partial charge on any atom is 0.0920 e. The van der Waals surface area contributed by atoms with Gasteiger partial charge in [0.25, 0.3) is 0 Å². The zero-order valence-corrected chi connectivity index (χ0v) is 13.0. The van der Waals surface area contributed by atoms with Gasteiger partial charge in [-0.2, -0.15) is 0 Å². The van der Waals surface area contributed by atoms with E-state index in [0.717, 1.165) is 44.5 Å². The van der Waals surface area contributed by atoms with Gasteiger partial charge in [0.1, 0.15) is 0 Å². The van der Waals surface area contributed by atoms with Crippen LogP contribution in [0.4, 0.5) is 0 Å². The number of nitrogens with one attached hydrogen (secondary N) is 1. The molecule has 0 saturated carbocycles. The number of hydrogen-bond donors (Lipinski definition) is 2. The van der Waals surface area contributed by atoms with E-state index in [0.29, 0.717) is 6.04 Å². The largest absolute Gasteiger partial charge is 0.385 e. The van der Waals surface area contributed by atoms with E-state index in [-0.39, 0.29) is 0 Å². The van der Waals surface area contributed by atoms with Crippen LogP contribution < -0.4 is 5.32 Å². The van der Waals surface area contributed by atoms with Gasteiger partial charge < -0.3 is 10.4 Å². The molecule has 1 atom stereocenters. The van der Waals surface area contributed by atoms with Gasteiger partial charge in [-0.05, 0) is 57.5 Å². The van der Waals surface area contributed by atoms with E-state index in [2.05, 4.69) is 55.4 Å². The van der Waals surface area contributed by atoms with Crippen LogP contribution in [0.1, 0.15) is 44.2 Å². The lowest BCUT2D eigenvalue weighted by molar-refractivity contribution is 0.00582. The Kier molecular flexibility index (Phi) is 5.19. The highest BCUT2D eigenvalue weighted by Gasteiger charge is 2.31. The molecule has 0 unspecified atom stereocenters. The fraction of sp³-hybridized carbons (Fsp3) is 0.647. The van der Waals surface area contributed by atoms with Crippen molar-refractivity contribution in [1.29, 1.82) is 0 Å². The van der Waals surface area contributed by atoms with Crippen LogP contribution in [0.15, 0.2) is 24.3 Å². The van der Waals surface area contributed by atoms with Gasteiger partial charge in [0, 0.05) is 12.6 Å². The fourth-order valence-corrected chi connectivity index (χ4v) is 2.84. The summed E-state index contributed by atoms with van der Waals surface area (Å²) in [5.41, 5.74) is 1.72. The molecule has 0 amide bonds.